The van der Waals surface area contributed by atoms with Crippen molar-refractivity contribution >= 4 is 50.0 Å². The second-order valence-corrected chi connectivity index (χ2v) is 23.0. The van der Waals surface area contributed by atoms with Crippen molar-refractivity contribution in [2.45, 2.75) is 37.5 Å². The zero-order chi connectivity index (χ0) is 32.5. The molecule has 7 rings (SSSR count). The van der Waals surface area contributed by atoms with Crippen molar-refractivity contribution < 1.29 is 22.8 Å². The average molecular weight is 826 g/mol. The third-order valence-electron chi connectivity index (χ3n) is 7.76. The molecule has 227 valence electrons. The molecule has 45 heavy (non-hydrogen) atoms. The fourth-order valence-electron chi connectivity index (χ4n) is 5.70. The maximum absolute atomic E-state index is 8.89. The van der Waals surface area contributed by atoms with E-state index in [9.17, 15) is 0 Å². The fraction of sp³-hybridized carbons (Fsp3) is 0.171. The number of hydrogen-bond acceptors (Lipinski definition) is 2. The summed E-state index contributed by atoms with van der Waals surface area (Å²) in [7, 11) is 0. The zero-order valence-electron chi connectivity index (χ0n) is 28.4. The van der Waals surface area contributed by atoms with E-state index in [1.54, 1.807) is 6.20 Å². The van der Waals surface area contributed by atoms with E-state index >= 15 is 0 Å². The second-order valence-electron chi connectivity index (χ2n) is 12.4. The van der Waals surface area contributed by atoms with Crippen LogP contribution in [0.1, 0.15) is 22.2 Å². The van der Waals surface area contributed by atoms with Gasteiger partial charge in [0.1, 0.15) is 0 Å². The molecule has 0 atom stereocenters. The molecule has 0 N–H and O–H groups in total. The molecule has 2 nitrogen and oxygen atoms in total. The predicted octanol–water partition coefficient (Wildman–Crippen LogP) is 10.3. The normalized spacial score (nSPS) is 12.3. The molecule has 0 aliphatic rings. The molecule has 0 aliphatic carbocycles. The van der Waals surface area contributed by atoms with Gasteiger partial charge in [-0.25, -0.2) is 0 Å². The average Bonchev–Trinajstić information content (AvgIpc) is 3.08. The van der Waals surface area contributed by atoms with Crippen LogP contribution in [-0.2, 0) is 26.5 Å². The van der Waals surface area contributed by atoms with Crippen LogP contribution in [0.25, 0.3) is 54.8 Å². The van der Waals surface area contributed by atoms with Crippen molar-refractivity contribution in [2.24, 2.45) is 5.92 Å². The Hall–Kier alpha value is -3.63. The van der Waals surface area contributed by atoms with Crippen LogP contribution in [-0.4, -0.2) is 23.2 Å². The molecule has 0 bridgehead atoms. The molecular formula is C41H38GeIrN2-2. The van der Waals surface area contributed by atoms with Crippen LogP contribution in [0.2, 0.25) is 17.3 Å². The van der Waals surface area contributed by atoms with E-state index in [0.29, 0.717) is 0 Å². The first-order valence-corrected chi connectivity index (χ1v) is 22.5. The standard InChI is InChI=1S/C30H30GeN.C11H8N.Ir/c1-20(2)16-22-18-30(32-19-29(22)31(3,4)5)21-14-15-27-25-12-7-6-10-23(25)24-11-8-9-13-26(24)28(27)17-21;1-2-6-10(7-3-1)11-8-4-5-9-12-11;/h6-13,15,17-20H,16H2,1-5H3;1-6,8-9H;/q2*-1;/i16D2;;. The van der Waals surface area contributed by atoms with E-state index in [1.807, 2.05) is 68.6 Å². The summed E-state index contributed by atoms with van der Waals surface area (Å²) >= 11 is -2.33. The Labute approximate surface area is 286 Å². The Balaban J connectivity index is 0.000000280. The largest absolute Gasteiger partial charge is 0.305 e. The van der Waals surface area contributed by atoms with Gasteiger partial charge in [-0.05, 0) is 11.8 Å². The number of nitrogens with zero attached hydrogens (tertiary/aromatic N) is 2. The smallest absolute Gasteiger partial charge is 0.0160 e. The third-order valence-corrected chi connectivity index (χ3v) is 12.0. The van der Waals surface area contributed by atoms with Crippen LogP contribution in [0.5, 0.6) is 0 Å². The fourth-order valence-corrected chi connectivity index (χ4v) is 8.64. The number of hydrogen-bond donors (Lipinski definition) is 0. The first kappa shape index (κ1) is 30.0. The maximum Gasteiger partial charge on any atom is 0.0160 e. The summed E-state index contributed by atoms with van der Waals surface area (Å²) in [5.41, 5.74) is 4.50. The molecule has 0 saturated heterocycles. The van der Waals surface area contributed by atoms with Crippen LogP contribution < -0.4 is 4.40 Å². The van der Waals surface area contributed by atoms with Gasteiger partial charge in [-0.1, -0.05) is 12.1 Å². The second kappa shape index (κ2) is 14.2. The molecule has 1 radical (unpaired) electrons. The summed E-state index contributed by atoms with van der Waals surface area (Å²) in [6.07, 6.45) is 2.32. The monoisotopic (exact) mass is 827 g/mol. The van der Waals surface area contributed by atoms with Gasteiger partial charge in [0.2, 0.25) is 0 Å². The van der Waals surface area contributed by atoms with Crippen molar-refractivity contribution in [1.82, 2.24) is 9.97 Å². The minimum Gasteiger partial charge on any atom is -0.305 e. The Morgan fingerprint density at radius 2 is 1.29 bits per heavy atom. The number of pyridine rings is 2. The van der Waals surface area contributed by atoms with Gasteiger partial charge in [0.05, 0.1) is 0 Å². The van der Waals surface area contributed by atoms with Gasteiger partial charge < -0.3 is 4.98 Å². The summed E-state index contributed by atoms with van der Waals surface area (Å²) < 4.78 is 18.9. The van der Waals surface area contributed by atoms with E-state index in [2.05, 4.69) is 95.0 Å². The topological polar surface area (TPSA) is 25.8 Å². The van der Waals surface area contributed by atoms with Gasteiger partial charge in [-0.2, -0.15) is 0 Å². The van der Waals surface area contributed by atoms with E-state index in [1.165, 1.54) is 32.3 Å². The third kappa shape index (κ3) is 7.28. The van der Waals surface area contributed by atoms with Crippen LogP contribution in [0.15, 0.2) is 122 Å². The molecule has 0 fully saturated rings. The molecule has 0 spiro atoms. The molecule has 7 aromatic rings. The van der Waals surface area contributed by atoms with Gasteiger partial charge in [-0.15, -0.1) is 35.9 Å². The minimum absolute atomic E-state index is 0. The van der Waals surface area contributed by atoms with Crippen LogP contribution in [0.4, 0.5) is 0 Å². The van der Waals surface area contributed by atoms with Crippen LogP contribution >= 0.6 is 0 Å². The van der Waals surface area contributed by atoms with Gasteiger partial charge in [0, 0.05) is 26.3 Å². The molecule has 5 aromatic carbocycles. The van der Waals surface area contributed by atoms with Gasteiger partial charge in [0.15, 0.2) is 0 Å². The summed E-state index contributed by atoms with van der Waals surface area (Å²) in [6.45, 7) is 3.91. The van der Waals surface area contributed by atoms with E-state index in [0.717, 1.165) is 32.5 Å². The summed E-state index contributed by atoms with van der Waals surface area (Å²) in [5.74, 6) is 6.78. The number of benzene rings is 5. The Morgan fingerprint density at radius 1 is 0.667 bits per heavy atom. The molecule has 0 unspecified atom stereocenters. The summed E-state index contributed by atoms with van der Waals surface area (Å²) in [5, 5.41) is 7.28. The van der Waals surface area contributed by atoms with Crippen molar-refractivity contribution in [1.29, 1.82) is 0 Å². The van der Waals surface area contributed by atoms with E-state index < -0.39 is 19.6 Å². The molecule has 2 heterocycles. The molecule has 0 saturated carbocycles. The van der Waals surface area contributed by atoms with Crippen molar-refractivity contribution in [3.05, 3.63) is 139 Å². The minimum atomic E-state index is -2.33. The van der Waals surface area contributed by atoms with Crippen molar-refractivity contribution in [3.8, 4) is 22.5 Å². The molecule has 0 amide bonds. The predicted molar refractivity (Wildman–Crippen MR) is 191 cm³/mol. The molecule has 4 heteroatoms. The number of rotatable bonds is 5. The van der Waals surface area contributed by atoms with Crippen molar-refractivity contribution in [3.63, 3.8) is 0 Å². The maximum atomic E-state index is 8.89. The van der Waals surface area contributed by atoms with Crippen LogP contribution in [0, 0.1) is 18.1 Å². The summed E-state index contributed by atoms with van der Waals surface area (Å²) in [6, 6.07) is 43.6. The van der Waals surface area contributed by atoms with Crippen LogP contribution in [0.3, 0.4) is 0 Å². The van der Waals surface area contributed by atoms with E-state index in [4.69, 9.17) is 7.73 Å². The molecular weight excluding hydrogens is 785 g/mol. The Kier molecular flexibility index (Phi) is 9.49. The van der Waals surface area contributed by atoms with Crippen molar-refractivity contribution in [2.75, 3.05) is 0 Å². The molecule has 2 aromatic heterocycles. The molecule has 0 aliphatic heterocycles. The number of aromatic nitrogens is 2. The zero-order valence-corrected chi connectivity index (χ0v) is 30.8. The first-order chi connectivity index (χ1) is 22.1. The Bertz CT molecular complexity index is 2070. The van der Waals surface area contributed by atoms with Gasteiger partial charge >= 0.3 is 197 Å². The van der Waals surface area contributed by atoms with Gasteiger partial charge in [0.25, 0.3) is 0 Å². The van der Waals surface area contributed by atoms with Gasteiger partial charge in [-0.3, -0.25) is 0 Å². The quantitative estimate of drug-likeness (QED) is 0.0982. The SMILES string of the molecule is [2H]C([2H])(c1cc(-c2[c-]cc3c4ccccc4c4ccccc4c3c2)nc[c]1[Ge]([CH3])([CH3])[CH3])C(C)C.[Ir].[c-]1ccccc1-c1ccccn1. The number of fused-ring (bicyclic) bond motifs is 6. The first-order valence-electron chi connectivity index (χ1n) is 16.2. The van der Waals surface area contributed by atoms with E-state index in [-0.39, 0.29) is 26.0 Å². The summed E-state index contributed by atoms with van der Waals surface area (Å²) in [4.78, 5) is 9.06. The Morgan fingerprint density at radius 3 is 1.87 bits per heavy atom.